The Bertz CT molecular complexity index is 249. The van der Waals surface area contributed by atoms with Gasteiger partial charge in [-0.3, -0.25) is 0 Å². The van der Waals surface area contributed by atoms with Crippen molar-refractivity contribution in [2.24, 2.45) is 17.8 Å². The van der Waals surface area contributed by atoms with Gasteiger partial charge in [-0.1, -0.05) is 40.7 Å². The molecular weight excluding hydrogens is 222 g/mol. The zero-order valence-electron chi connectivity index (χ0n) is 12.7. The van der Waals surface area contributed by atoms with Gasteiger partial charge in [0.25, 0.3) is 0 Å². The zero-order chi connectivity index (χ0) is 13.5. The Balaban J connectivity index is 2.38. The average molecular weight is 253 g/mol. The Morgan fingerprint density at radius 2 is 2.11 bits per heavy atom. The molecule has 0 aromatic rings. The fourth-order valence-electron chi connectivity index (χ4n) is 2.88. The van der Waals surface area contributed by atoms with Gasteiger partial charge in [-0.15, -0.1) is 0 Å². The standard InChI is InChI=1S/C16H31NO/c1-6-17-10-14(5)11-18-16-9-13(4)7-8-15(16)12(2)3/h12-13,15-17H,5-11H2,1-4H3. The van der Waals surface area contributed by atoms with Gasteiger partial charge in [0.2, 0.25) is 0 Å². The first kappa shape index (κ1) is 15.7. The lowest BCUT2D eigenvalue weighted by Gasteiger charge is -2.37. The molecule has 1 N–H and O–H groups in total. The second-order valence-corrected chi connectivity index (χ2v) is 6.21. The maximum absolute atomic E-state index is 6.15. The first-order valence-corrected chi connectivity index (χ1v) is 7.53. The van der Waals surface area contributed by atoms with E-state index in [1.54, 1.807) is 0 Å². The topological polar surface area (TPSA) is 21.3 Å². The summed E-state index contributed by atoms with van der Waals surface area (Å²) in [5.74, 6) is 2.27. The monoisotopic (exact) mass is 253 g/mol. The van der Waals surface area contributed by atoms with E-state index in [4.69, 9.17) is 4.74 Å². The smallest absolute Gasteiger partial charge is 0.0690 e. The summed E-state index contributed by atoms with van der Waals surface area (Å²) >= 11 is 0. The lowest BCUT2D eigenvalue weighted by atomic mass is 9.75. The van der Waals surface area contributed by atoms with Crippen molar-refractivity contribution in [1.29, 1.82) is 0 Å². The molecule has 18 heavy (non-hydrogen) atoms. The molecule has 106 valence electrons. The molecule has 1 saturated carbocycles. The Kier molecular flexibility index (Phi) is 6.95. The first-order valence-electron chi connectivity index (χ1n) is 7.53. The minimum Gasteiger partial charge on any atom is -0.374 e. The molecule has 3 atom stereocenters. The highest BCUT2D eigenvalue weighted by molar-refractivity contribution is 4.97. The average Bonchev–Trinajstić information content (AvgIpc) is 2.33. The molecule has 2 nitrogen and oxygen atoms in total. The van der Waals surface area contributed by atoms with Crippen LogP contribution in [0.5, 0.6) is 0 Å². The number of nitrogens with one attached hydrogen (secondary N) is 1. The van der Waals surface area contributed by atoms with Crippen LogP contribution < -0.4 is 5.32 Å². The molecule has 0 saturated heterocycles. The minimum atomic E-state index is 0.437. The van der Waals surface area contributed by atoms with E-state index in [-0.39, 0.29) is 0 Å². The lowest BCUT2D eigenvalue weighted by molar-refractivity contribution is -0.0290. The van der Waals surface area contributed by atoms with Gasteiger partial charge in [0.05, 0.1) is 12.7 Å². The third-order valence-corrected chi connectivity index (χ3v) is 4.09. The van der Waals surface area contributed by atoms with E-state index in [9.17, 15) is 0 Å². The van der Waals surface area contributed by atoms with Crippen LogP contribution in [0, 0.1) is 17.8 Å². The molecule has 0 aliphatic heterocycles. The van der Waals surface area contributed by atoms with Crippen LogP contribution in [-0.2, 0) is 4.74 Å². The Morgan fingerprint density at radius 1 is 1.39 bits per heavy atom. The summed E-state index contributed by atoms with van der Waals surface area (Å²) in [4.78, 5) is 0. The highest BCUT2D eigenvalue weighted by atomic mass is 16.5. The van der Waals surface area contributed by atoms with Crippen molar-refractivity contribution in [2.45, 2.75) is 53.1 Å². The molecule has 0 spiro atoms. The van der Waals surface area contributed by atoms with E-state index in [0.29, 0.717) is 12.7 Å². The van der Waals surface area contributed by atoms with Crippen LogP contribution in [0.15, 0.2) is 12.2 Å². The van der Waals surface area contributed by atoms with Crippen LogP contribution in [-0.4, -0.2) is 25.8 Å². The van der Waals surface area contributed by atoms with Gasteiger partial charge in [-0.25, -0.2) is 0 Å². The normalized spacial score (nSPS) is 28.6. The van der Waals surface area contributed by atoms with Crippen molar-refractivity contribution in [3.05, 3.63) is 12.2 Å². The fraction of sp³-hybridized carbons (Fsp3) is 0.875. The maximum Gasteiger partial charge on any atom is 0.0690 e. The summed E-state index contributed by atoms with van der Waals surface area (Å²) in [6.07, 6.45) is 4.34. The molecule has 1 aliphatic rings. The third kappa shape index (κ3) is 5.11. The quantitative estimate of drug-likeness (QED) is 0.700. The summed E-state index contributed by atoms with van der Waals surface area (Å²) in [6, 6.07) is 0. The second kappa shape index (κ2) is 7.96. The molecule has 1 rings (SSSR count). The van der Waals surface area contributed by atoms with E-state index < -0.39 is 0 Å². The molecule has 0 aromatic heterocycles. The predicted molar refractivity (Wildman–Crippen MR) is 78.8 cm³/mol. The summed E-state index contributed by atoms with van der Waals surface area (Å²) in [5.41, 5.74) is 1.16. The van der Waals surface area contributed by atoms with Gasteiger partial charge in [-0.05, 0) is 42.7 Å². The van der Waals surface area contributed by atoms with Crippen LogP contribution in [0.25, 0.3) is 0 Å². The number of rotatable bonds is 7. The predicted octanol–water partition coefficient (Wildman–Crippen LogP) is 3.63. The van der Waals surface area contributed by atoms with Gasteiger partial charge in [0, 0.05) is 6.54 Å². The van der Waals surface area contributed by atoms with Gasteiger partial charge in [0.15, 0.2) is 0 Å². The second-order valence-electron chi connectivity index (χ2n) is 6.21. The minimum absolute atomic E-state index is 0.437. The van der Waals surface area contributed by atoms with Crippen LogP contribution >= 0.6 is 0 Å². The fourth-order valence-corrected chi connectivity index (χ4v) is 2.88. The molecule has 0 bridgehead atoms. The van der Waals surface area contributed by atoms with E-state index in [0.717, 1.165) is 36.4 Å². The Hall–Kier alpha value is -0.340. The summed E-state index contributed by atoms with van der Waals surface area (Å²) in [5, 5.41) is 3.30. The highest BCUT2D eigenvalue weighted by Gasteiger charge is 2.31. The van der Waals surface area contributed by atoms with Crippen LogP contribution in [0.4, 0.5) is 0 Å². The first-order chi connectivity index (χ1) is 8.54. The van der Waals surface area contributed by atoms with E-state index >= 15 is 0 Å². The van der Waals surface area contributed by atoms with Crippen molar-refractivity contribution < 1.29 is 4.74 Å². The van der Waals surface area contributed by atoms with E-state index in [1.807, 2.05) is 0 Å². The molecule has 0 radical (unpaired) electrons. The van der Waals surface area contributed by atoms with Crippen molar-refractivity contribution in [3.8, 4) is 0 Å². The van der Waals surface area contributed by atoms with Crippen molar-refractivity contribution in [1.82, 2.24) is 5.32 Å². The molecule has 0 aromatic carbocycles. The largest absolute Gasteiger partial charge is 0.374 e. The van der Waals surface area contributed by atoms with Gasteiger partial charge in [-0.2, -0.15) is 0 Å². The lowest BCUT2D eigenvalue weighted by Crippen LogP contribution is -2.35. The van der Waals surface area contributed by atoms with E-state index in [1.165, 1.54) is 19.3 Å². The Labute approximate surface area is 113 Å². The van der Waals surface area contributed by atoms with Crippen LogP contribution in [0.2, 0.25) is 0 Å². The molecule has 1 fully saturated rings. The number of likely N-dealkylation sites (N-methyl/N-ethyl adjacent to an activating group) is 1. The highest BCUT2D eigenvalue weighted by Crippen LogP contribution is 2.35. The van der Waals surface area contributed by atoms with Crippen molar-refractivity contribution >= 4 is 0 Å². The number of hydrogen-bond donors (Lipinski definition) is 1. The van der Waals surface area contributed by atoms with Gasteiger partial charge in [0.1, 0.15) is 0 Å². The molecule has 3 unspecified atom stereocenters. The van der Waals surface area contributed by atoms with Crippen molar-refractivity contribution in [3.63, 3.8) is 0 Å². The molecular formula is C16H31NO. The van der Waals surface area contributed by atoms with Crippen LogP contribution in [0.3, 0.4) is 0 Å². The molecule has 1 aliphatic carbocycles. The summed E-state index contributed by atoms with van der Waals surface area (Å²) in [6.45, 7) is 15.8. The zero-order valence-corrected chi connectivity index (χ0v) is 12.7. The van der Waals surface area contributed by atoms with Gasteiger partial charge >= 0.3 is 0 Å². The number of hydrogen-bond acceptors (Lipinski definition) is 2. The van der Waals surface area contributed by atoms with E-state index in [2.05, 4.69) is 39.6 Å². The molecule has 0 heterocycles. The Morgan fingerprint density at radius 3 is 2.72 bits per heavy atom. The molecule has 0 amide bonds. The third-order valence-electron chi connectivity index (χ3n) is 4.09. The SMILES string of the molecule is C=C(CNCC)COC1CC(C)CCC1C(C)C. The maximum atomic E-state index is 6.15. The summed E-state index contributed by atoms with van der Waals surface area (Å²) in [7, 11) is 0. The molecule has 2 heteroatoms. The summed E-state index contributed by atoms with van der Waals surface area (Å²) < 4.78 is 6.15. The van der Waals surface area contributed by atoms with Gasteiger partial charge < -0.3 is 10.1 Å². The van der Waals surface area contributed by atoms with Crippen LogP contribution in [0.1, 0.15) is 47.0 Å². The number of ether oxygens (including phenoxy) is 1. The van der Waals surface area contributed by atoms with Crippen molar-refractivity contribution in [2.75, 3.05) is 19.7 Å².